The highest BCUT2D eigenvalue weighted by Gasteiger charge is 2.41. The molecule has 0 amide bonds. The fourth-order valence-corrected chi connectivity index (χ4v) is 4.57. The first kappa shape index (κ1) is 32.3. The van der Waals surface area contributed by atoms with Crippen molar-refractivity contribution >= 4 is 5.97 Å². The van der Waals surface area contributed by atoms with Crippen LogP contribution in [-0.2, 0) is 9.53 Å². The van der Waals surface area contributed by atoms with E-state index in [4.69, 9.17) is 4.74 Å². The number of unbranched alkanes of at least 4 members (excludes halogenated alkanes) is 11. The van der Waals surface area contributed by atoms with Gasteiger partial charge >= 0.3 is 11.9 Å². The van der Waals surface area contributed by atoms with Crippen molar-refractivity contribution in [1.29, 1.82) is 0 Å². The van der Waals surface area contributed by atoms with E-state index in [2.05, 4.69) is 27.7 Å². The van der Waals surface area contributed by atoms with Gasteiger partial charge in [0, 0.05) is 6.42 Å². The largest absolute Gasteiger partial charge is 0.458 e. The van der Waals surface area contributed by atoms with Crippen molar-refractivity contribution in [3.8, 4) is 0 Å². The second kappa shape index (κ2) is 21.8. The molecule has 0 radical (unpaired) electrons. The van der Waals surface area contributed by atoms with E-state index in [1.165, 1.54) is 51.4 Å². The summed E-state index contributed by atoms with van der Waals surface area (Å²) in [7, 11) is 0. The summed E-state index contributed by atoms with van der Waals surface area (Å²) in [4.78, 5) is 12.2. The van der Waals surface area contributed by atoms with E-state index < -0.39 is 11.9 Å². The van der Waals surface area contributed by atoms with Crippen molar-refractivity contribution in [2.45, 2.75) is 175 Å². The van der Waals surface area contributed by atoms with Crippen molar-refractivity contribution in [1.82, 2.24) is 0 Å². The number of ether oxygens (including phenoxy) is 1. The molecule has 0 aromatic rings. The summed E-state index contributed by atoms with van der Waals surface area (Å²) in [5, 5.41) is 0. The first-order chi connectivity index (χ1) is 15.9. The van der Waals surface area contributed by atoms with Crippen molar-refractivity contribution in [3.05, 3.63) is 0 Å². The molecule has 0 spiro atoms. The number of alkyl halides is 2. The lowest BCUT2D eigenvalue weighted by Crippen LogP contribution is -2.34. The fourth-order valence-electron chi connectivity index (χ4n) is 4.57. The minimum absolute atomic E-state index is 0.354. The molecule has 0 heterocycles. The zero-order valence-electron chi connectivity index (χ0n) is 22.6. The van der Waals surface area contributed by atoms with Crippen LogP contribution in [0.15, 0.2) is 0 Å². The summed E-state index contributed by atoms with van der Waals surface area (Å²) in [5.41, 5.74) is 0. The summed E-state index contributed by atoms with van der Waals surface area (Å²) in [6, 6.07) is 0. The maximum absolute atomic E-state index is 14.5. The standard InChI is InChI=1S/C29H56F2O2/c1-5-9-12-13-14-15-18-21-26(8-4)22-19-20-25-29(30,31)28(32)33-27(23-16-10-6-2)24-17-11-7-3/h26-27H,5-25H2,1-4H3. The average molecular weight is 475 g/mol. The highest BCUT2D eigenvalue weighted by Crippen LogP contribution is 2.28. The maximum Gasteiger partial charge on any atom is 0.377 e. The van der Waals surface area contributed by atoms with E-state index in [0.29, 0.717) is 25.2 Å². The Hall–Kier alpha value is -0.670. The Morgan fingerprint density at radius 3 is 1.58 bits per heavy atom. The Bertz CT molecular complexity index is 429. The maximum atomic E-state index is 14.5. The predicted molar refractivity (Wildman–Crippen MR) is 138 cm³/mol. The van der Waals surface area contributed by atoms with Gasteiger partial charge < -0.3 is 4.74 Å². The van der Waals surface area contributed by atoms with Gasteiger partial charge in [0.2, 0.25) is 0 Å². The van der Waals surface area contributed by atoms with Gasteiger partial charge in [0.15, 0.2) is 0 Å². The molecule has 198 valence electrons. The van der Waals surface area contributed by atoms with Gasteiger partial charge in [0.1, 0.15) is 6.10 Å². The van der Waals surface area contributed by atoms with Crippen LogP contribution in [0.3, 0.4) is 0 Å². The molecule has 0 aromatic heterocycles. The average Bonchev–Trinajstić information content (AvgIpc) is 2.79. The molecule has 2 nitrogen and oxygen atoms in total. The van der Waals surface area contributed by atoms with Gasteiger partial charge in [-0.3, -0.25) is 0 Å². The Labute approximate surface area is 205 Å². The normalized spacial score (nSPS) is 12.9. The van der Waals surface area contributed by atoms with Crippen molar-refractivity contribution in [2.75, 3.05) is 0 Å². The molecule has 0 aromatic carbocycles. The summed E-state index contributed by atoms with van der Waals surface area (Å²) in [6.45, 7) is 8.67. The number of hydrogen-bond acceptors (Lipinski definition) is 2. The molecule has 33 heavy (non-hydrogen) atoms. The van der Waals surface area contributed by atoms with Crippen LogP contribution in [0, 0.1) is 5.92 Å². The molecule has 0 N–H and O–H groups in total. The Morgan fingerprint density at radius 1 is 0.636 bits per heavy atom. The van der Waals surface area contributed by atoms with Gasteiger partial charge in [-0.25, -0.2) is 4.79 Å². The quantitative estimate of drug-likeness (QED) is 0.103. The van der Waals surface area contributed by atoms with Gasteiger partial charge in [-0.05, 0) is 38.0 Å². The number of halogens is 2. The summed E-state index contributed by atoms with van der Waals surface area (Å²) in [5.74, 6) is -4.02. The first-order valence-electron chi connectivity index (χ1n) is 14.5. The third kappa shape index (κ3) is 18.3. The minimum Gasteiger partial charge on any atom is -0.458 e. The predicted octanol–water partition coefficient (Wildman–Crippen LogP) is 10.4. The second-order valence-electron chi connectivity index (χ2n) is 10.2. The van der Waals surface area contributed by atoms with Gasteiger partial charge in [0.05, 0.1) is 0 Å². The molecule has 1 unspecified atom stereocenters. The van der Waals surface area contributed by atoms with Crippen LogP contribution < -0.4 is 0 Å². The molecule has 0 saturated heterocycles. The van der Waals surface area contributed by atoms with Crippen LogP contribution in [0.5, 0.6) is 0 Å². The van der Waals surface area contributed by atoms with Crippen LogP contribution in [-0.4, -0.2) is 18.0 Å². The molecule has 0 fully saturated rings. The molecule has 4 heteroatoms. The molecular formula is C29H56F2O2. The van der Waals surface area contributed by atoms with Crippen LogP contribution in [0.1, 0.15) is 163 Å². The molecule has 1 atom stereocenters. The smallest absolute Gasteiger partial charge is 0.377 e. The molecular weight excluding hydrogens is 418 g/mol. The van der Waals surface area contributed by atoms with Crippen LogP contribution in [0.25, 0.3) is 0 Å². The lowest BCUT2D eigenvalue weighted by Gasteiger charge is -2.22. The van der Waals surface area contributed by atoms with Gasteiger partial charge in [0.25, 0.3) is 0 Å². The fraction of sp³-hybridized carbons (Fsp3) is 0.966. The number of esters is 1. The van der Waals surface area contributed by atoms with E-state index in [1.54, 1.807) is 0 Å². The molecule has 0 aliphatic rings. The van der Waals surface area contributed by atoms with Crippen molar-refractivity contribution in [2.24, 2.45) is 5.92 Å². The molecule has 0 bridgehead atoms. The van der Waals surface area contributed by atoms with Gasteiger partial charge in [-0.15, -0.1) is 0 Å². The molecule has 0 aliphatic carbocycles. The highest BCUT2D eigenvalue weighted by atomic mass is 19.3. The summed E-state index contributed by atoms with van der Waals surface area (Å²) >= 11 is 0. The van der Waals surface area contributed by atoms with Crippen molar-refractivity contribution in [3.63, 3.8) is 0 Å². The number of hydrogen-bond donors (Lipinski definition) is 0. The lowest BCUT2D eigenvalue weighted by atomic mass is 9.92. The molecule has 0 rings (SSSR count). The van der Waals surface area contributed by atoms with E-state index in [1.807, 2.05) is 0 Å². The lowest BCUT2D eigenvalue weighted by molar-refractivity contribution is -0.179. The zero-order valence-corrected chi connectivity index (χ0v) is 22.6. The molecule has 0 aliphatic heterocycles. The van der Waals surface area contributed by atoms with Gasteiger partial charge in [-0.2, -0.15) is 8.78 Å². The second-order valence-corrected chi connectivity index (χ2v) is 10.2. The number of rotatable bonds is 24. The Morgan fingerprint density at radius 2 is 1.06 bits per heavy atom. The van der Waals surface area contributed by atoms with Crippen LogP contribution >= 0.6 is 0 Å². The van der Waals surface area contributed by atoms with Crippen molar-refractivity contribution < 1.29 is 18.3 Å². The highest BCUT2D eigenvalue weighted by molar-refractivity contribution is 5.77. The monoisotopic (exact) mass is 474 g/mol. The summed E-state index contributed by atoms with van der Waals surface area (Å²) in [6.07, 6.45) is 20.5. The SMILES string of the molecule is CCCCCCCCCC(CC)CCCCC(F)(F)C(=O)OC(CCCCC)CCCCC. The van der Waals surface area contributed by atoms with Crippen LogP contribution in [0.2, 0.25) is 0 Å². The zero-order chi connectivity index (χ0) is 24.8. The Balaban J connectivity index is 4.22. The van der Waals surface area contributed by atoms with Gasteiger partial charge in [-0.1, -0.05) is 124 Å². The van der Waals surface area contributed by atoms with Crippen LogP contribution in [0.4, 0.5) is 8.78 Å². The third-order valence-corrected chi connectivity index (χ3v) is 6.98. The topological polar surface area (TPSA) is 26.3 Å². The van der Waals surface area contributed by atoms with E-state index in [9.17, 15) is 13.6 Å². The molecule has 0 saturated carbocycles. The third-order valence-electron chi connectivity index (χ3n) is 6.98. The number of carbonyl (C=O) groups excluding carboxylic acids is 1. The summed E-state index contributed by atoms with van der Waals surface area (Å²) < 4.78 is 34.2. The minimum atomic E-state index is -3.35. The Kier molecular flexibility index (Phi) is 21.4. The van der Waals surface area contributed by atoms with E-state index in [-0.39, 0.29) is 12.5 Å². The van der Waals surface area contributed by atoms with E-state index in [0.717, 1.165) is 57.8 Å². The number of carbonyl (C=O) groups is 1. The first-order valence-corrected chi connectivity index (χ1v) is 14.5. The van der Waals surface area contributed by atoms with E-state index >= 15 is 0 Å².